The highest BCUT2D eigenvalue weighted by Crippen LogP contribution is 2.31. The van der Waals surface area contributed by atoms with Gasteiger partial charge in [0, 0.05) is 19.7 Å². The number of hydrogen-bond donors (Lipinski definition) is 0. The number of rotatable bonds is 6. The Morgan fingerprint density at radius 2 is 1.94 bits per heavy atom. The van der Waals surface area contributed by atoms with E-state index in [0.717, 1.165) is 25.0 Å². The first-order chi connectivity index (χ1) is 8.55. The van der Waals surface area contributed by atoms with Crippen LogP contribution in [0.5, 0.6) is 0 Å². The molecule has 1 fully saturated rings. The number of halogens is 1. The fraction of sp³-hybridized carbons (Fsp3) is 0.500. The third-order valence-electron chi connectivity index (χ3n) is 2.89. The van der Waals surface area contributed by atoms with Gasteiger partial charge in [-0.1, -0.05) is 0 Å². The van der Waals surface area contributed by atoms with Crippen molar-refractivity contribution in [2.75, 3.05) is 20.3 Å². The molecule has 0 heterocycles. The topological polar surface area (TPSA) is 46.6 Å². The molecule has 0 bridgehead atoms. The van der Waals surface area contributed by atoms with Crippen molar-refractivity contribution < 1.29 is 17.5 Å². The van der Waals surface area contributed by atoms with Gasteiger partial charge >= 0.3 is 0 Å². The first kappa shape index (κ1) is 13.5. The Morgan fingerprint density at radius 1 is 1.33 bits per heavy atom. The number of methoxy groups -OCH3 is 1. The minimum absolute atomic E-state index is 0.0650. The molecule has 18 heavy (non-hydrogen) atoms. The molecule has 1 aromatic carbocycles. The van der Waals surface area contributed by atoms with Crippen molar-refractivity contribution in [2.24, 2.45) is 0 Å². The molecular weight excluding hydrogens is 257 g/mol. The highest BCUT2D eigenvalue weighted by Gasteiger charge is 2.37. The fourth-order valence-electron chi connectivity index (χ4n) is 1.78. The minimum Gasteiger partial charge on any atom is -0.383 e. The third-order valence-corrected chi connectivity index (χ3v) is 4.86. The van der Waals surface area contributed by atoms with Gasteiger partial charge in [0.2, 0.25) is 10.0 Å². The predicted molar refractivity (Wildman–Crippen MR) is 65.2 cm³/mol. The maximum absolute atomic E-state index is 12.8. The molecule has 0 N–H and O–H groups in total. The molecule has 0 unspecified atom stereocenters. The Labute approximate surface area is 106 Å². The average Bonchev–Trinajstić information content (AvgIpc) is 3.14. The average molecular weight is 273 g/mol. The molecule has 100 valence electrons. The Bertz CT molecular complexity index is 497. The summed E-state index contributed by atoms with van der Waals surface area (Å²) >= 11 is 0. The lowest BCUT2D eigenvalue weighted by molar-refractivity contribution is 0.177. The standard InChI is InChI=1S/C12H16FNO3S/c1-17-9-8-14(11-4-5-11)18(15,16)12-6-2-10(13)3-7-12/h2-3,6-7,11H,4-5,8-9H2,1H3. The molecule has 0 aliphatic heterocycles. The SMILES string of the molecule is COCCN(C1CC1)S(=O)(=O)c1ccc(F)cc1. The minimum atomic E-state index is -3.54. The van der Waals surface area contributed by atoms with E-state index in [2.05, 4.69) is 0 Å². The second-order valence-electron chi connectivity index (χ2n) is 4.29. The van der Waals surface area contributed by atoms with Crippen LogP contribution in [-0.4, -0.2) is 39.0 Å². The zero-order valence-electron chi connectivity index (χ0n) is 10.2. The molecule has 4 nitrogen and oxygen atoms in total. The fourth-order valence-corrected chi connectivity index (χ4v) is 3.45. The molecule has 0 saturated heterocycles. The Morgan fingerprint density at radius 3 is 2.44 bits per heavy atom. The van der Waals surface area contributed by atoms with Crippen molar-refractivity contribution >= 4 is 10.0 Å². The van der Waals surface area contributed by atoms with Gasteiger partial charge in [0.05, 0.1) is 11.5 Å². The summed E-state index contributed by atoms with van der Waals surface area (Å²) in [5.74, 6) is -0.441. The van der Waals surface area contributed by atoms with Gasteiger partial charge in [-0.25, -0.2) is 12.8 Å². The van der Waals surface area contributed by atoms with Crippen molar-refractivity contribution in [3.63, 3.8) is 0 Å². The van der Waals surface area contributed by atoms with Gasteiger partial charge in [-0.05, 0) is 37.1 Å². The van der Waals surface area contributed by atoms with Gasteiger partial charge in [-0.15, -0.1) is 0 Å². The maximum Gasteiger partial charge on any atom is 0.243 e. The van der Waals surface area contributed by atoms with E-state index in [1.807, 2.05) is 0 Å². The molecule has 0 radical (unpaired) electrons. The van der Waals surface area contributed by atoms with E-state index in [0.29, 0.717) is 13.2 Å². The summed E-state index contributed by atoms with van der Waals surface area (Å²) in [6.07, 6.45) is 1.76. The van der Waals surface area contributed by atoms with Crippen molar-refractivity contribution in [1.82, 2.24) is 4.31 Å². The van der Waals surface area contributed by atoms with Crippen molar-refractivity contribution in [1.29, 1.82) is 0 Å². The largest absolute Gasteiger partial charge is 0.383 e. The Hall–Kier alpha value is -0.980. The van der Waals surface area contributed by atoms with Crippen molar-refractivity contribution in [2.45, 2.75) is 23.8 Å². The van der Waals surface area contributed by atoms with E-state index >= 15 is 0 Å². The van der Waals surface area contributed by atoms with Crippen LogP contribution in [0.3, 0.4) is 0 Å². The van der Waals surface area contributed by atoms with Crippen LogP contribution in [0.1, 0.15) is 12.8 Å². The summed E-state index contributed by atoms with van der Waals surface area (Å²) in [6.45, 7) is 0.692. The summed E-state index contributed by atoms with van der Waals surface area (Å²) in [4.78, 5) is 0.131. The predicted octanol–water partition coefficient (Wildman–Crippen LogP) is 1.63. The monoisotopic (exact) mass is 273 g/mol. The normalized spacial score (nSPS) is 16.2. The summed E-state index contributed by atoms with van der Waals surface area (Å²) < 4.78 is 44.0. The number of benzene rings is 1. The maximum atomic E-state index is 12.8. The number of sulfonamides is 1. The Balaban J connectivity index is 2.24. The first-order valence-corrected chi connectivity index (χ1v) is 7.26. The molecule has 2 rings (SSSR count). The molecule has 1 saturated carbocycles. The number of nitrogens with zero attached hydrogens (tertiary/aromatic N) is 1. The zero-order chi connectivity index (χ0) is 13.2. The Kier molecular flexibility index (Phi) is 3.99. The lowest BCUT2D eigenvalue weighted by atomic mass is 10.4. The van der Waals surface area contributed by atoms with E-state index in [1.165, 1.54) is 23.5 Å². The lowest BCUT2D eigenvalue weighted by Crippen LogP contribution is -2.35. The van der Waals surface area contributed by atoms with Crippen LogP contribution in [0.4, 0.5) is 4.39 Å². The van der Waals surface area contributed by atoms with Gasteiger partial charge in [-0.3, -0.25) is 0 Å². The van der Waals surface area contributed by atoms with E-state index in [4.69, 9.17) is 4.74 Å². The van der Waals surface area contributed by atoms with Crippen LogP contribution in [-0.2, 0) is 14.8 Å². The summed E-state index contributed by atoms with van der Waals surface area (Å²) in [5, 5.41) is 0. The smallest absolute Gasteiger partial charge is 0.243 e. The zero-order valence-corrected chi connectivity index (χ0v) is 11.0. The van der Waals surface area contributed by atoms with Crippen molar-refractivity contribution in [3.05, 3.63) is 30.1 Å². The molecule has 1 aliphatic carbocycles. The molecule has 0 atom stereocenters. The van der Waals surface area contributed by atoms with Crippen LogP contribution >= 0.6 is 0 Å². The van der Waals surface area contributed by atoms with Crippen LogP contribution in [0.25, 0.3) is 0 Å². The van der Waals surface area contributed by atoms with E-state index < -0.39 is 15.8 Å². The van der Waals surface area contributed by atoms with Gasteiger partial charge < -0.3 is 4.74 Å². The third kappa shape index (κ3) is 2.88. The second kappa shape index (κ2) is 5.34. The summed E-state index contributed by atoms with van der Waals surface area (Å²) in [7, 11) is -2.00. The van der Waals surface area contributed by atoms with Crippen LogP contribution < -0.4 is 0 Å². The highest BCUT2D eigenvalue weighted by molar-refractivity contribution is 7.89. The lowest BCUT2D eigenvalue weighted by Gasteiger charge is -2.21. The molecule has 6 heteroatoms. The molecular formula is C12H16FNO3S. The highest BCUT2D eigenvalue weighted by atomic mass is 32.2. The van der Waals surface area contributed by atoms with Crippen LogP contribution in [0, 0.1) is 5.82 Å². The summed E-state index contributed by atoms with van der Waals surface area (Å²) in [6, 6.07) is 4.98. The first-order valence-electron chi connectivity index (χ1n) is 5.82. The molecule has 1 aliphatic rings. The van der Waals surface area contributed by atoms with Gasteiger partial charge in [0.25, 0.3) is 0 Å². The molecule has 0 spiro atoms. The van der Waals surface area contributed by atoms with Gasteiger partial charge in [0.1, 0.15) is 5.82 Å². The molecule has 1 aromatic rings. The number of ether oxygens (including phenoxy) is 1. The number of hydrogen-bond acceptors (Lipinski definition) is 3. The molecule has 0 amide bonds. The van der Waals surface area contributed by atoms with E-state index in [9.17, 15) is 12.8 Å². The van der Waals surface area contributed by atoms with Crippen molar-refractivity contribution in [3.8, 4) is 0 Å². The van der Waals surface area contributed by atoms with Crippen LogP contribution in [0.2, 0.25) is 0 Å². The second-order valence-corrected chi connectivity index (χ2v) is 6.18. The van der Waals surface area contributed by atoms with Gasteiger partial charge in [0.15, 0.2) is 0 Å². The quantitative estimate of drug-likeness (QED) is 0.791. The van der Waals surface area contributed by atoms with E-state index in [1.54, 1.807) is 0 Å². The summed E-state index contributed by atoms with van der Waals surface area (Å²) in [5.41, 5.74) is 0. The van der Waals surface area contributed by atoms with Gasteiger partial charge in [-0.2, -0.15) is 4.31 Å². The molecule has 0 aromatic heterocycles. The van der Waals surface area contributed by atoms with Crippen LogP contribution in [0.15, 0.2) is 29.2 Å². The van der Waals surface area contributed by atoms with E-state index in [-0.39, 0.29) is 10.9 Å².